The first-order valence-electron chi connectivity index (χ1n) is 10.3. The normalized spacial score (nSPS) is 13.4. The number of allylic oxidation sites excluding steroid dienone is 4. The highest BCUT2D eigenvalue weighted by Crippen LogP contribution is 2.33. The van der Waals surface area contributed by atoms with Crippen molar-refractivity contribution in [3.8, 4) is 22.3 Å². The molecule has 29 heavy (non-hydrogen) atoms. The molecule has 4 rings (SSSR count). The topological polar surface area (TPSA) is 0 Å². The summed E-state index contributed by atoms with van der Waals surface area (Å²) in [5, 5.41) is 3.01. The Morgan fingerprint density at radius 3 is 1.83 bits per heavy atom. The second kappa shape index (κ2) is 8.00. The molecule has 0 amide bonds. The van der Waals surface area contributed by atoms with Crippen LogP contribution in [0.15, 0.2) is 77.5 Å². The maximum Gasteiger partial charge on any atom is 0.117 e. The minimum Gasteiger partial charge on any atom is -0.0806 e. The summed E-state index contributed by atoms with van der Waals surface area (Å²) in [6, 6.07) is 20.7. The van der Waals surface area contributed by atoms with Gasteiger partial charge in [0.1, 0.15) is 9.52 Å². The second-order valence-corrected chi connectivity index (χ2v) is 9.77. The van der Waals surface area contributed by atoms with E-state index < -0.39 is 0 Å². The van der Waals surface area contributed by atoms with Crippen LogP contribution in [0.5, 0.6) is 0 Å². The van der Waals surface area contributed by atoms with E-state index >= 15 is 0 Å². The largest absolute Gasteiger partial charge is 0.117 e. The van der Waals surface area contributed by atoms with Crippen LogP contribution in [0.4, 0.5) is 0 Å². The van der Waals surface area contributed by atoms with Gasteiger partial charge in [0.15, 0.2) is 0 Å². The van der Waals surface area contributed by atoms with Gasteiger partial charge < -0.3 is 0 Å². The molecule has 144 valence electrons. The lowest BCUT2D eigenvalue weighted by Crippen LogP contribution is -2.20. The Kier molecular flexibility index (Phi) is 5.43. The van der Waals surface area contributed by atoms with Crippen LogP contribution in [0, 0.1) is 27.7 Å². The van der Waals surface area contributed by atoms with Crippen LogP contribution >= 0.6 is 0 Å². The quantitative estimate of drug-likeness (QED) is 0.427. The van der Waals surface area contributed by atoms with Crippen LogP contribution in [0.3, 0.4) is 0 Å². The first kappa shape index (κ1) is 19.7. The monoisotopic (exact) mass is 392 g/mol. The van der Waals surface area contributed by atoms with Gasteiger partial charge in [-0.2, -0.15) is 0 Å². The van der Waals surface area contributed by atoms with Crippen molar-refractivity contribution in [3.63, 3.8) is 0 Å². The Balaban J connectivity index is 1.95. The molecule has 0 aromatic heterocycles. The van der Waals surface area contributed by atoms with E-state index in [0.29, 0.717) is 9.52 Å². The third kappa shape index (κ3) is 4.20. The third-order valence-electron chi connectivity index (χ3n) is 5.56. The first-order valence-corrected chi connectivity index (χ1v) is 11.3. The predicted molar refractivity (Wildman–Crippen MR) is 128 cm³/mol. The molecule has 0 saturated heterocycles. The Bertz CT molecular complexity index is 1100. The molecule has 0 unspecified atom stereocenters. The average molecular weight is 393 g/mol. The van der Waals surface area contributed by atoms with E-state index in [9.17, 15) is 0 Å². The van der Waals surface area contributed by atoms with E-state index in [0.717, 1.165) is 6.42 Å². The lowest BCUT2D eigenvalue weighted by molar-refractivity contribution is 1.36. The summed E-state index contributed by atoms with van der Waals surface area (Å²) in [6.07, 6.45) is 5.65. The van der Waals surface area contributed by atoms with Crippen molar-refractivity contribution in [3.05, 3.63) is 99.8 Å². The van der Waals surface area contributed by atoms with Crippen LogP contribution in [-0.4, -0.2) is 9.52 Å². The fraction of sp³-hybridized carbons (Fsp3) is 0.214. The Morgan fingerprint density at radius 1 is 0.690 bits per heavy atom. The molecule has 0 spiro atoms. The maximum atomic E-state index is 2.34. The van der Waals surface area contributed by atoms with Gasteiger partial charge in [0.2, 0.25) is 0 Å². The van der Waals surface area contributed by atoms with Gasteiger partial charge in [-0.05, 0) is 63.3 Å². The predicted octanol–water partition coefficient (Wildman–Crippen LogP) is 6.82. The van der Waals surface area contributed by atoms with Crippen molar-refractivity contribution < 1.29 is 0 Å². The molecule has 0 heterocycles. The van der Waals surface area contributed by atoms with Crippen LogP contribution in [0.25, 0.3) is 22.3 Å². The summed E-state index contributed by atoms with van der Waals surface area (Å²) >= 11 is 0. The molecule has 1 aliphatic carbocycles. The second-order valence-electron chi connectivity index (χ2n) is 8.37. The van der Waals surface area contributed by atoms with Crippen molar-refractivity contribution in [2.75, 3.05) is 0 Å². The summed E-state index contributed by atoms with van der Waals surface area (Å²) in [5.41, 5.74) is 12.1. The fourth-order valence-corrected chi connectivity index (χ4v) is 5.79. The number of benzene rings is 3. The van der Waals surface area contributed by atoms with Crippen molar-refractivity contribution in [2.24, 2.45) is 0 Å². The van der Waals surface area contributed by atoms with Crippen molar-refractivity contribution >= 4 is 14.7 Å². The smallest absolute Gasteiger partial charge is 0.0806 e. The third-order valence-corrected chi connectivity index (χ3v) is 7.15. The highest BCUT2D eigenvalue weighted by atomic mass is 28.2. The van der Waals surface area contributed by atoms with E-state index in [2.05, 4.69) is 101 Å². The summed E-state index contributed by atoms with van der Waals surface area (Å²) < 4.78 is 0. The molecule has 1 aliphatic rings. The zero-order valence-electron chi connectivity index (χ0n) is 18.1. The fourth-order valence-electron chi connectivity index (χ4n) is 4.38. The molecular formula is C28H28Si. The van der Waals surface area contributed by atoms with Gasteiger partial charge in [-0.1, -0.05) is 105 Å². The van der Waals surface area contributed by atoms with Gasteiger partial charge in [-0.15, -0.1) is 0 Å². The molecule has 3 aromatic carbocycles. The number of aryl methyl sites for hydroxylation is 4. The van der Waals surface area contributed by atoms with Gasteiger partial charge in [-0.3, -0.25) is 0 Å². The van der Waals surface area contributed by atoms with Crippen molar-refractivity contribution in [1.29, 1.82) is 0 Å². The van der Waals surface area contributed by atoms with Crippen LogP contribution < -0.4 is 5.19 Å². The zero-order chi connectivity index (χ0) is 20.5. The highest BCUT2D eigenvalue weighted by Gasteiger charge is 2.17. The summed E-state index contributed by atoms with van der Waals surface area (Å²) in [7, 11) is 0.709. The standard InChI is InChI=1S/C28H28Si/c1-18-12-19(2)15-23(14-18)25-9-7-11-27(29-26-10-6-8-22(26)5)28(25)24-16-20(3)13-21(4)17-24/h6-9,11-17H,10H2,1-5H3. The lowest BCUT2D eigenvalue weighted by atomic mass is 9.91. The van der Waals surface area contributed by atoms with Crippen molar-refractivity contribution in [1.82, 2.24) is 0 Å². The molecule has 0 aliphatic heterocycles. The Labute approximate surface area is 177 Å². The first-order chi connectivity index (χ1) is 13.9. The van der Waals surface area contributed by atoms with Gasteiger partial charge in [0.25, 0.3) is 0 Å². The Hall–Kier alpha value is -2.64. The zero-order valence-corrected chi connectivity index (χ0v) is 19.1. The number of rotatable bonds is 4. The lowest BCUT2D eigenvalue weighted by Gasteiger charge is -2.18. The van der Waals surface area contributed by atoms with E-state index in [1.165, 1.54) is 55.3 Å². The SMILES string of the molecule is CC1=C([Si]c2cccc(-c3cc(C)cc(C)c3)c2-c2cc(C)cc(C)c2)CC=C1. The van der Waals surface area contributed by atoms with Gasteiger partial charge in [0.05, 0.1) is 0 Å². The molecule has 0 atom stereocenters. The van der Waals surface area contributed by atoms with Crippen molar-refractivity contribution in [2.45, 2.75) is 41.0 Å². The summed E-state index contributed by atoms with van der Waals surface area (Å²) in [6.45, 7) is 11.0. The average Bonchev–Trinajstić information content (AvgIpc) is 3.04. The molecule has 0 fully saturated rings. The van der Waals surface area contributed by atoms with Crippen LogP contribution in [0.1, 0.15) is 35.6 Å². The summed E-state index contributed by atoms with van der Waals surface area (Å²) in [4.78, 5) is 0. The molecule has 0 saturated carbocycles. The molecule has 0 N–H and O–H groups in total. The van der Waals surface area contributed by atoms with Gasteiger partial charge in [0, 0.05) is 0 Å². The minimum absolute atomic E-state index is 0.709. The molecular weight excluding hydrogens is 364 g/mol. The molecule has 0 nitrogen and oxygen atoms in total. The summed E-state index contributed by atoms with van der Waals surface area (Å²) in [5.74, 6) is 0. The number of hydrogen-bond donors (Lipinski definition) is 0. The van der Waals surface area contributed by atoms with Gasteiger partial charge >= 0.3 is 0 Å². The molecule has 2 radical (unpaired) electrons. The Morgan fingerprint density at radius 2 is 1.28 bits per heavy atom. The van der Waals surface area contributed by atoms with Crippen LogP contribution in [-0.2, 0) is 0 Å². The van der Waals surface area contributed by atoms with E-state index in [-0.39, 0.29) is 0 Å². The van der Waals surface area contributed by atoms with Gasteiger partial charge in [-0.25, -0.2) is 0 Å². The van der Waals surface area contributed by atoms with E-state index in [1.807, 2.05) is 0 Å². The maximum absolute atomic E-state index is 2.34. The molecule has 1 heteroatoms. The minimum atomic E-state index is 0.709. The molecule has 3 aromatic rings. The molecule has 0 bridgehead atoms. The number of hydrogen-bond acceptors (Lipinski definition) is 0. The highest BCUT2D eigenvalue weighted by molar-refractivity contribution is 6.63. The van der Waals surface area contributed by atoms with Crippen LogP contribution in [0.2, 0.25) is 0 Å². The van der Waals surface area contributed by atoms with E-state index in [4.69, 9.17) is 0 Å². The van der Waals surface area contributed by atoms with E-state index in [1.54, 1.807) is 5.20 Å².